The summed E-state index contributed by atoms with van der Waals surface area (Å²) < 4.78 is 0. The Balaban J connectivity index is 0.000000338. The SMILES string of the molecule is CCCC(C)c1cc(Sc2cc(C(C)CCC)c(O)cc2C(C)CCC)c(C(C)CCC)cc1O.Cc1cc(Sc2cc(C)c(O)c(C(C)(C)C)c2)cc(C(C)(C)C)c1O. The highest BCUT2D eigenvalue weighted by molar-refractivity contribution is 7.99. The number of hydrogen-bond donors (Lipinski definition) is 4. The molecule has 0 saturated carbocycles. The van der Waals surface area contributed by atoms with Crippen LogP contribution in [0, 0.1) is 13.8 Å². The van der Waals surface area contributed by atoms with Crippen LogP contribution in [0.15, 0.2) is 68.1 Å². The monoisotopic (exact) mass is 857 g/mol. The van der Waals surface area contributed by atoms with Crippen molar-refractivity contribution in [1.29, 1.82) is 0 Å². The lowest BCUT2D eigenvalue weighted by molar-refractivity contribution is 0.441. The molecule has 0 spiro atoms. The van der Waals surface area contributed by atoms with Crippen molar-refractivity contribution >= 4 is 23.5 Å². The Morgan fingerprint density at radius 3 is 1.02 bits per heavy atom. The molecule has 0 radical (unpaired) electrons. The highest BCUT2D eigenvalue weighted by Gasteiger charge is 2.25. The molecule has 4 rings (SSSR count). The van der Waals surface area contributed by atoms with E-state index in [-0.39, 0.29) is 10.8 Å². The Morgan fingerprint density at radius 2 is 0.733 bits per heavy atom. The predicted octanol–water partition coefficient (Wildman–Crippen LogP) is 17.3. The van der Waals surface area contributed by atoms with E-state index >= 15 is 0 Å². The van der Waals surface area contributed by atoms with Crippen LogP contribution < -0.4 is 0 Å². The molecule has 0 amide bonds. The molecule has 4 unspecified atom stereocenters. The van der Waals surface area contributed by atoms with Crippen LogP contribution in [0.5, 0.6) is 23.0 Å². The van der Waals surface area contributed by atoms with Gasteiger partial charge in [0.1, 0.15) is 23.0 Å². The molecular weight excluding hydrogens is 777 g/mol. The first-order chi connectivity index (χ1) is 28.0. The zero-order valence-corrected chi connectivity index (χ0v) is 41.8. The summed E-state index contributed by atoms with van der Waals surface area (Å²) in [6.07, 6.45) is 8.79. The number of aromatic hydroxyl groups is 4. The van der Waals surface area contributed by atoms with Gasteiger partial charge in [-0.05, 0) is 156 Å². The summed E-state index contributed by atoms with van der Waals surface area (Å²) in [5.74, 6) is 3.07. The van der Waals surface area contributed by atoms with Gasteiger partial charge < -0.3 is 20.4 Å². The van der Waals surface area contributed by atoms with Crippen LogP contribution in [0.4, 0.5) is 0 Å². The van der Waals surface area contributed by atoms with Gasteiger partial charge in [0.2, 0.25) is 0 Å². The van der Waals surface area contributed by atoms with Crippen LogP contribution in [-0.4, -0.2) is 20.4 Å². The van der Waals surface area contributed by atoms with Crippen LogP contribution in [0.2, 0.25) is 0 Å². The first-order valence-electron chi connectivity index (χ1n) is 22.8. The van der Waals surface area contributed by atoms with Crippen molar-refractivity contribution in [3.8, 4) is 23.0 Å². The number of phenols is 4. The second-order valence-electron chi connectivity index (χ2n) is 19.6. The molecule has 0 fully saturated rings. The van der Waals surface area contributed by atoms with Crippen molar-refractivity contribution < 1.29 is 20.4 Å². The Morgan fingerprint density at radius 1 is 0.433 bits per heavy atom. The van der Waals surface area contributed by atoms with E-state index in [0.717, 1.165) is 94.5 Å². The lowest BCUT2D eigenvalue weighted by Crippen LogP contribution is -2.12. The number of aryl methyl sites for hydroxylation is 2. The van der Waals surface area contributed by atoms with Gasteiger partial charge in [-0.1, -0.05) is 146 Å². The van der Waals surface area contributed by atoms with Crippen LogP contribution >= 0.6 is 23.5 Å². The first-order valence-corrected chi connectivity index (χ1v) is 24.4. The Labute approximate surface area is 374 Å². The van der Waals surface area contributed by atoms with Gasteiger partial charge in [0, 0.05) is 30.7 Å². The molecule has 4 nitrogen and oxygen atoms in total. The summed E-state index contributed by atoms with van der Waals surface area (Å²) in [4.78, 5) is 4.72. The Bertz CT molecular complexity index is 1880. The normalized spacial score (nSPS) is 14.0. The summed E-state index contributed by atoms with van der Waals surface area (Å²) >= 11 is 3.52. The fourth-order valence-corrected chi connectivity index (χ4v) is 10.8. The summed E-state index contributed by atoms with van der Waals surface area (Å²) in [6.45, 7) is 34.4. The molecule has 0 aromatic heterocycles. The van der Waals surface area contributed by atoms with Gasteiger partial charge in [-0.2, -0.15) is 0 Å². The average molecular weight is 857 g/mol. The summed E-state index contributed by atoms with van der Waals surface area (Å²) in [6, 6.07) is 16.8. The van der Waals surface area contributed by atoms with E-state index < -0.39 is 0 Å². The topological polar surface area (TPSA) is 80.9 Å². The smallest absolute Gasteiger partial charge is 0.122 e. The zero-order chi connectivity index (χ0) is 45.3. The number of phenolic OH excluding ortho intramolecular Hbond substituents is 4. The third-order valence-corrected chi connectivity index (χ3v) is 14.0. The molecule has 0 saturated heterocycles. The standard InChI is InChI=1S/C32H50O2S.C22H30O2S/c1-9-13-21(5)25-19-31(27(17-29(25)33)23(7)15-11-3)35-32-20-26(22(6)14-10-2)30(34)18-28(32)24(8)16-12-4;1-13-9-15(11-17(19(13)23)21(3,4)5)25-16-10-14(2)20(24)18(12-16)22(6,7)8/h17-24,33-34H,9-16H2,1-8H3;9-12,23-24H,1-8H3. The maximum atomic E-state index is 11.0. The van der Waals surface area contributed by atoms with Crippen LogP contribution in [0.25, 0.3) is 0 Å². The van der Waals surface area contributed by atoms with E-state index in [0.29, 0.717) is 46.7 Å². The van der Waals surface area contributed by atoms with E-state index in [1.807, 2.05) is 49.9 Å². The Kier molecular flexibility index (Phi) is 18.9. The lowest BCUT2D eigenvalue weighted by atomic mass is 9.85. The van der Waals surface area contributed by atoms with Crippen LogP contribution in [-0.2, 0) is 10.8 Å². The largest absolute Gasteiger partial charge is 0.508 e. The molecular formula is C54H80O4S2. The van der Waals surface area contributed by atoms with E-state index in [9.17, 15) is 20.4 Å². The second-order valence-corrected chi connectivity index (χ2v) is 21.9. The van der Waals surface area contributed by atoms with Crippen molar-refractivity contribution in [2.45, 2.75) is 216 Å². The quantitative estimate of drug-likeness (QED) is 0.0899. The fourth-order valence-electron chi connectivity index (χ4n) is 8.30. The second kappa shape index (κ2) is 22.2. The first kappa shape index (κ1) is 51.1. The lowest BCUT2D eigenvalue weighted by Gasteiger charge is -2.24. The van der Waals surface area contributed by atoms with E-state index in [1.165, 1.54) is 20.9 Å². The number of rotatable bonds is 16. The Hall–Kier alpha value is -3.22. The maximum Gasteiger partial charge on any atom is 0.122 e. The van der Waals surface area contributed by atoms with Crippen LogP contribution in [0.3, 0.4) is 0 Å². The van der Waals surface area contributed by atoms with Gasteiger partial charge in [-0.3, -0.25) is 0 Å². The van der Waals surface area contributed by atoms with Crippen molar-refractivity contribution in [3.05, 3.63) is 93.0 Å². The molecule has 0 aliphatic carbocycles. The van der Waals surface area contributed by atoms with E-state index in [2.05, 4.69) is 121 Å². The molecule has 4 aromatic rings. The van der Waals surface area contributed by atoms with Crippen LogP contribution in [0.1, 0.15) is 216 Å². The minimum absolute atomic E-state index is 0.118. The number of hydrogen-bond acceptors (Lipinski definition) is 6. The summed E-state index contributed by atoms with van der Waals surface area (Å²) in [7, 11) is 0. The summed E-state index contributed by atoms with van der Waals surface area (Å²) in [5, 5.41) is 42.8. The van der Waals surface area contributed by atoms with Gasteiger partial charge in [0.15, 0.2) is 0 Å². The molecule has 4 atom stereocenters. The van der Waals surface area contributed by atoms with E-state index in [1.54, 1.807) is 11.8 Å². The third-order valence-electron chi connectivity index (χ3n) is 11.9. The molecule has 4 N–H and O–H groups in total. The predicted molar refractivity (Wildman–Crippen MR) is 261 cm³/mol. The van der Waals surface area contributed by atoms with E-state index in [4.69, 9.17) is 0 Å². The summed E-state index contributed by atoms with van der Waals surface area (Å²) in [5.41, 5.74) is 8.07. The van der Waals surface area contributed by atoms with Crippen molar-refractivity contribution in [2.75, 3.05) is 0 Å². The molecule has 0 heterocycles. The number of benzene rings is 4. The van der Waals surface area contributed by atoms with Gasteiger partial charge in [-0.25, -0.2) is 0 Å². The van der Waals surface area contributed by atoms with Gasteiger partial charge >= 0.3 is 0 Å². The average Bonchev–Trinajstić information content (AvgIpc) is 3.15. The molecule has 0 bridgehead atoms. The van der Waals surface area contributed by atoms with Gasteiger partial charge in [0.05, 0.1) is 0 Å². The molecule has 6 heteroatoms. The van der Waals surface area contributed by atoms with Gasteiger partial charge in [-0.15, -0.1) is 0 Å². The molecule has 0 aliphatic heterocycles. The van der Waals surface area contributed by atoms with Gasteiger partial charge in [0.25, 0.3) is 0 Å². The van der Waals surface area contributed by atoms with Crippen molar-refractivity contribution in [2.24, 2.45) is 0 Å². The minimum atomic E-state index is -0.118. The molecule has 60 heavy (non-hydrogen) atoms. The molecule has 0 aliphatic rings. The highest BCUT2D eigenvalue weighted by atomic mass is 32.2. The molecule has 4 aromatic carbocycles. The van der Waals surface area contributed by atoms with Crippen molar-refractivity contribution in [1.82, 2.24) is 0 Å². The third kappa shape index (κ3) is 13.4. The van der Waals surface area contributed by atoms with Crippen molar-refractivity contribution in [3.63, 3.8) is 0 Å². The molecule has 332 valence electrons. The highest BCUT2D eigenvalue weighted by Crippen LogP contribution is 2.47. The zero-order valence-electron chi connectivity index (χ0n) is 40.2. The fraction of sp³-hybridized carbons (Fsp3) is 0.556. The minimum Gasteiger partial charge on any atom is -0.508 e. The maximum absolute atomic E-state index is 11.0.